The van der Waals surface area contributed by atoms with Crippen LogP contribution in [0.15, 0.2) is 11.6 Å². The van der Waals surface area contributed by atoms with E-state index in [-0.39, 0.29) is 18.3 Å². The van der Waals surface area contributed by atoms with Crippen LogP contribution in [0, 0.1) is 45.8 Å². The van der Waals surface area contributed by atoms with Gasteiger partial charge in [-0.15, -0.1) is 0 Å². The molecule has 0 aromatic rings. The van der Waals surface area contributed by atoms with Crippen LogP contribution in [0.1, 0.15) is 98.3 Å². The van der Waals surface area contributed by atoms with Gasteiger partial charge in [0.2, 0.25) is 0 Å². The summed E-state index contributed by atoms with van der Waals surface area (Å²) in [5.74, 6) is 3.11. The van der Waals surface area contributed by atoms with E-state index in [4.69, 9.17) is 4.74 Å². The van der Waals surface area contributed by atoms with Crippen LogP contribution in [-0.4, -0.2) is 30.1 Å². The number of aliphatic hydroxyl groups is 1. The molecular formula is C29H45F3O2. The Labute approximate surface area is 204 Å². The van der Waals surface area contributed by atoms with Gasteiger partial charge in [0.05, 0.1) is 17.6 Å². The normalized spacial score (nSPS) is 49.7. The first kappa shape index (κ1) is 25.1. The zero-order valence-electron chi connectivity index (χ0n) is 21.6. The lowest BCUT2D eigenvalue weighted by Gasteiger charge is -2.59. The van der Waals surface area contributed by atoms with Crippen LogP contribution in [0.3, 0.4) is 0 Å². The van der Waals surface area contributed by atoms with E-state index < -0.39 is 17.2 Å². The third-order valence-electron chi connectivity index (χ3n) is 12.0. The molecule has 5 heteroatoms. The molecule has 5 rings (SSSR count). The molecule has 0 radical (unpaired) electrons. The summed E-state index contributed by atoms with van der Waals surface area (Å²) in [5, 5.41) is 10.8. The molecule has 5 aliphatic rings. The molecule has 0 bridgehead atoms. The molecule has 1 saturated heterocycles. The molecule has 2 nitrogen and oxygen atoms in total. The van der Waals surface area contributed by atoms with Crippen molar-refractivity contribution in [2.75, 3.05) is 13.2 Å². The van der Waals surface area contributed by atoms with Crippen LogP contribution >= 0.6 is 0 Å². The fraction of sp³-hybridized carbons (Fsp3) is 0.931. The van der Waals surface area contributed by atoms with Gasteiger partial charge in [-0.25, -0.2) is 0 Å². The zero-order valence-corrected chi connectivity index (χ0v) is 21.6. The average molecular weight is 483 g/mol. The largest absolute Gasteiger partial charge is 0.394 e. The standard InChI is InChI=1S/C29H45F3O2/c1-19(9-12-28(33)15-16-34-18-28)22-7-8-23-21-6-5-20-17-25(2,29(30,31)32)13-14-26(20,3)24(21)10-11-27(22,23)4/h5,19,21-24,33H,6-18H2,1-4H3/t19-,21+,22-,23+,24+,25-,26+,27-,28+/m1/s1. The maximum absolute atomic E-state index is 13.8. The summed E-state index contributed by atoms with van der Waals surface area (Å²) in [6, 6.07) is 0. The van der Waals surface area contributed by atoms with E-state index in [0.29, 0.717) is 54.6 Å². The van der Waals surface area contributed by atoms with Crippen molar-refractivity contribution in [3.05, 3.63) is 11.6 Å². The van der Waals surface area contributed by atoms with Gasteiger partial charge in [0.15, 0.2) is 0 Å². The summed E-state index contributed by atoms with van der Waals surface area (Å²) in [6.45, 7) is 9.81. The molecule has 0 unspecified atom stereocenters. The molecule has 0 amide bonds. The molecular weight excluding hydrogens is 437 g/mol. The Balaban J connectivity index is 1.31. The second-order valence-electron chi connectivity index (χ2n) is 13.8. The third-order valence-corrected chi connectivity index (χ3v) is 12.0. The van der Waals surface area contributed by atoms with Crippen molar-refractivity contribution in [1.29, 1.82) is 0 Å². The Hall–Kier alpha value is -0.550. The predicted molar refractivity (Wildman–Crippen MR) is 128 cm³/mol. The monoisotopic (exact) mass is 482 g/mol. The van der Waals surface area contributed by atoms with E-state index in [2.05, 4.69) is 26.8 Å². The highest BCUT2D eigenvalue weighted by Crippen LogP contribution is 2.69. The van der Waals surface area contributed by atoms with Gasteiger partial charge < -0.3 is 9.84 Å². The summed E-state index contributed by atoms with van der Waals surface area (Å²) >= 11 is 0. The topological polar surface area (TPSA) is 29.5 Å². The first-order chi connectivity index (χ1) is 15.8. The van der Waals surface area contributed by atoms with Gasteiger partial charge in [-0.2, -0.15) is 13.2 Å². The second kappa shape index (κ2) is 8.23. The number of ether oxygens (including phenoxy) is 1. The lowest BCUT2D eigenvalue weighted by Crippen LogP contribution is -2.52. The highest BCUT2D eigenvalue weighted by Gasteiger charge is 2.62. The van der Waals surface area contributed by atoms with Crippen LogP contribution < -0.4 is 0 Å². The van der Waals surface area contributed by atoms with E-state index in [9.17, 15) is 18.3 Å². The van der Waals surface area contributed by atoms with Gasteiger partial charge in [-0.3, -0.25) is 0 Å². The molecule has 4 aliphatic carbocycles. The fourth-order valence-corrected chi connectivity index (χ4v) is 9.53. The number of allylic oxidation sites excluding steroid dienone is 2. The van der Waals surface area contributed by atoms with E-state index in [1.807, 2.05) is 0 Å². The summed E-state index contributed by atoms with van der Waals surface area (Å²) in [5.41, 5.74) is -0.804. The number of rotatable bonds is 4. The van der Waals surface area contributed by atoms with Crippen molar-refractivity contribution >= 4 is 0 Å². The Kier molecular flexibility index (Phi) is 6.08. The van der Waals surface area contributed by atoms with Crippen molar-refractivity contribution in [2.24, 2.45) is 45.8 Å². The lowest BCUT2D eigenvalue weighted by atomic mass is 9.45. The Bertz CT molecular complexity index is 815. The molecule has 1 heterocycles. The van der Waals surface area contributed by atoms with E-state index in [1.54, 1.807) is 0 Å². The van der Waals surface area contributed by atoms with Crippen molar-refractivity contribution in [3.63, 3.8) is 0 Å². The molecule has 1 N–H and O–H groups in total. The maximum Gasteiger partial charge on any atom is 0.394 e. The van der Waals surface area contributed by atoms with E-state index >= 15 is 0 Å². The number of halogens is 3. The van der Waals surface area contributed by atoms with Gasteiger partial charge in [-0.05, 0) is 105 Å². The number of hydrogen-bond acceptors (Lipinski definition) is 2. The van der Waals surface area contributed by atoms with E-state index in [1.165, 1.54) is 26.2 Å². The van der Waals surface area contributed by atoms with Crippen LogP contribution in [-0.2, 0) is 4.74 Å². The fourth-order valence-electron chi connectivity index (χ4n) is 9.53. The summed E-state index contributed by atoms with van der Waals surface area (Å²) in [6.07, 6.45) is 7.79. The number of alkyl halides is 3. The van der Waals surface area contributed by atoms with E-state index in [0.717, 1.165) is 37.7 Å². The van der Waals surface area contributed by atoms with Crippen molar-refractivity contribution in [1.82, 2.24) is 0 Å². The minimum absolute atomic E-state index is 0.0511. The third kappa shape index (κ3) is 3.81. The first-order valence-electron chi connectivity index (χ1n) is 13.9. The SMILES string of the molecule is C[C@H](CC[C@]1(O)CCOC1)[C@H]1CC[C@H]2[C@@H]3CC=C4C[C@](C)(C(F)(F)F)CC[C@]4(C)[C@H]3CC[C@]12C. The van der Waals surface area contributed by atoms with Gasteiger partial charge in [0.1, 0.15) is 0 Å². The minimum atomic E-state index is -4.12. The molecule has 3 saturated carbocycles. The van der Waals surface area contributed by atoms with Crippen molar-refractivity contribution in [2.45, 2.75) is 110 Å². The van der Waals surface area contributed by atoms with Crippen LogP contribution in [0.4, 0.5) is 13.2 Å². The molecule has 4 fully saturated rings. The molecule has 194 valence electrons. The quantitative estimate of drug-likeness (QED) is 0.416. The molecule has 9 atom stereocenters. The summed E-state index contributed by atoms with van der Waals surface area (Å²) < 4.78 is 46.9. The van der Waals surface area contributed by atoms with Crippen LogP contribution in [0.25, 0.3) is 0 Å². The van der Waals surface area contributed by atoms with Crippen molar-refractivity contribution < 1.29 is 23.0 Å². The highest BCUT2D eigenvalue weighted by molar-refractivity contribution is 5.27. The smallest absolute Gasteiger partial charge is 0.387 e. The molecule has 0 aromatic carbocycles. The molecule has 0 aromatic heterocycles. The molecule has 34 heavy (non-hydrogen) atoms. The Morgan fingerprint density at radius 3 is 2.50 bits per heavy atom. The van der Waals surface area contributed by atoms with Gasteiger partial charge in [0, 0.05) is 13.0 Å². The average Bonchev–Trinajstić information content (AvgIpc) is 3.35. The molecule has 1 aliphatic heterocycles. The van der Waals surface area contributed by atoms with Gasteiger partial charge in [0.25, 0.3) is 0 Å². The van der Waals surface area contributed by atoms with Gasteiger partial charge >= 0.3 is 6.18 Å². The summed E-state index contributed by atoms with van der Waals surface area (Å²) in [4.78, 5) is 0. The Morgan fingerprint density at radius 1 is 1.06 bits per heavy atom. The minimum Gasteiger partial charge on any atom is -0.387 e. The number of fused-ring (bicyclic) bond motifs is 5. The van der Waals surface area contributed by atoms with Crippen LogP contribution in [0.5, 0.6) is 0 Å². The second-order valence-corrected chi connectivity index (χ2v) is 13.8. The molecule has 0 spiro atoms. The highest BCUT2D eigenvalue weighted by atomic mass is 19.4. The zero-order chi connectivity index (χ0) is 24.6. The lowest BCUT2D eigenvalue weighted by molar-refractivity contribution is -0.229. The summed E-state index contributed by atoms with van der Waals surface area (Å²) in [7, 11) is 0. The number of hydrogen-bond donors (Lipinski definition) is 1. The predicted octanol–water partition coefficient (Wildman–Crippen LogP) is 7.70. The first-order valence-corrected chi connectivity index (χ1v) is 13.9. The Morgan fingerprint density at radius 2 is 1.82 bits per heavy atom. The van der Waals surface area contributed by atoms with Crippen molar-refractivity contribution in [3.8, 4) is 0 Å². The van der Waals surface area contributed by atoms with Gasteiger partial charge in [-0.1, -0.05) is 39.3 Å². The van der Waals surface area contributed by atoms with Crippen LogP contribution in [0.2, 0.25) is 0 Å². The maximum atomic E-state index is 13.8.